The Balaban J connectivity index is 1.57. The Kier molecular flexibility index (Phi) is 8.23. The molecule has 0 saturated heterocycles. The monoisotopic (exact) mass is 394 g/mol. The zero-order valence-corrected chi connectivity index (χ0v) is 16.4. The van der Waals surface area contributed by atoms with Gasteiger partial charge in [-0.3, -0.25) is 4.79 Å². The molecule has 0 unspecified atom stereocenters. The summed E-state index contributed by atoms with van der Waals surface area (Å²) in [6.45, 7) is 3.07. The second-order valence-corrected chi connectivity index (χ2v) is 6.54. The first-order chi connectivity index (χ1) is 14.3. The van der Waals surface area contributed by atoms with Crippen LogP contribution >= 0.6 is 0 Å². The standard InChI is InChI=1S/C23H26N2O4/c26-13-11-24-12-14-28-15-16-29-18-23(27)25-17-21-7-2-1-5-19(21)9-10-20-6-3-4-8-22(20)25/h1-8,24,26H,11-18H2. The third-order valence-electron chi connectivity index (χ3n) is 4.48. The van der Waals surface area contributed by atoms with E-state index in [1.807, 2.05) is 48.5 Å². The molecule has 6 heteroatoms. The quantitative estimate of drug-likeness (QED) is 0.473. The topological polar surface area (TPSA) is 71.0 Å². The molecule has 0 fully saturated rings. The molecule has 1 heterocycles. The van der Waals surface area contributed by atoms with Crippen molar-refractivity contribution >= 4 is 11.6 Å². The Bertz CT molecular complexity index is 872. The number of ether oxygens (including phenoxy) is 2. The highest BCUT2D eigenvalue weighted by atomic mass is 16.5. The van der Waals surface area contributed by atoms with Gasteiger partial charge in [0.25, 0.3) is 5.91 Å². The van der Waals surface area contributed by atoms with Crippen molar-refractivity contribution in [2.75, 3.05) is 51.0 Å². The number of aliphatic hydroxyl groups is 1. The number of benzene rings is 2. The molecule has 6 nitrogen and oxygen atoms in total. The molecule has 0 saturated carbocycles. The van der Waals surface area contributed by atoms with Crippen molar-refractivity contribution in [3.8, 4) is 11.8 Å². The van der Waals surface area contributed by atoms with Gasteiger partial charge in [-0.2, -0.15) is 0 Å². The van der Waals surface area contributed by atoms with Crippen molar-refractivity contribution < 1.29 is 19.4 Å². The number of aliphatic hydroxyl groups excluding tert-OH is 1. The van der Waals surface area contributed by atoms with Crippen LogP contribution in [-0.4, -0.2) is 57.1 Å². The van der Waals surface area contributed by atoms with E-state index in [4.69, 9.17) is 14.6 Å². The van der Waals surface area contributed by atoms with E-state index in [1.165, 1.54) is 0 Å². The number of amides is 1. The first-order valence-electron chi connectivity index (χ1n) is 9.76. The van der Waals surface area contributed by atoms with Crippen molar-refractivity contribution in [2.45, 2.75) is 6.54 Å². The number of carbonyl (C=O) groups excluding carboxylic acids is 1. The molecule has 2 aromatic carbocycles. The number of para-hydroxylation sites is 1. The third kappa shape index (κ3) is 6.14. The second kappa shape index (κ2) is 11.3. The van der Waals surface area contributed by atoms with Crippen LogP contribution in [-0.2, 0) is 20.8 Å². The van der Waals surface area contributed by atoms with Crippen LogP contribution in [0.4, 0.5) is 5.69 Å². The van der Waals surface area contributed by atoms with E-state index in [2.05, 4.69) is 17.2 Å². The molecule has 0 radical (unpaired) electrons. The zero-order valence-electron chi connectivity index (χ0n) is 16.4. The van der Waals surface area contributed by atoms with Crippen LogP contribution in [0.5, 0.6) is 0 Å². The van der Waals surface area contributed by atoms with Gasteiger partial charge in [-0.05, 0) is 23.8 Å². The molecule has 0 bridgehead atoms. The zero-order chi connectivity index (χ0) is 20.3. The Morgan fingerprint density at radius 2 is 1.69 bits per heavy atom. The number of hydrogen-bond donors (Lipinski definition) is 2. The molecule has 0 atom stereocenters. The molecule has 0 aliphatic carbocycles. The molecule has 1 aliphatic rings. The van der Waals surface area contributed by atoms with Gasteiger partial charge in [0.1, 0.15) is 6.61 Å². The number of rotatable bonds is 10. The molecule has 152 valence electrons. The van der Waals surface area contributed by atoms with E-state index in [0.717, 1.165) is 22.4 Å². The van der Waals surface area contributed by atoms with Crippen LogP contribution < -0.4 is 10.2 Å². The third-order valence-corrected chi connectivity index (χ3v) is 4.48. The lowest BCUT2D eigenvalue weighted by Gasteiger charge is -2.26. The molecular formula is C23H26N2O4. The Labute approximate surface area is 171 Å². The first kappa shape index (κ1) is 21.0. The second-order valence-electron chi connectivity index (χ2n) is 6.54. The van der Waals surface area contributed by atoms with Gasteiger partial charge in [-0.15, -0.1) is 0 Å². The fraction of sp³-hybridized carbons (Fsp3) is 0.348. The van der Waals surface area contributed by atoms with Crippen LogP contribution in [0.3, 0.4) is 0 Å². The van der Waals surface area contributed by atoms with Crippen molar-refractivity contribution in [2.24, 2.45) is 0 Å². The number of nitrogens with zero attached hydrogens (tertiary/aromatic N) is 1. The van der Waals surface area contributed by atoms with Crippen molar-refractivity contribution in [1.29, 1.82) is 0 Å². The molecule has 0 aromatic heterocycles. The lowest BCUT2D eigenvalue weighted by Crippen LogP contribution is -2.35. The van der Waals surface area contributed by atoms with Crippen molar-refractivity contribution in [3.63, 3.8) is 0 Å². The van der Waals surface area contributed by atoms with Crippen LogP contribution in [0.2, 0.25) is 0 Å². The van der Waals surface area contributed by atoms with Crippen LogP contribution in [0.15, 0.2) is 48.5 Å². The maximum absolute atomic E-state index is 12.9. The summed E-state index contributed by atoms with van der Waals surface area (Å²) in [7, 11) is 0. The van der Waals surface area contributed by atoms with Crippen LogP contribution in [0.25, 0.3) is 0 Å². The number of anilines is 1. The molecular weight excluding hydrogens is 368 g/mol. The van der Waals surface area contributed by atoms with E-state index in [-0.39, 0.29) is 19.1 Å². The summed E-state index contributed by atoms with van der Waals surface area (Å²) in [4.78, 5) is 14.7. The highest BCUT2D eigenvalue weighted by molar-refractivity contribution is 5.96. The van der Waals surface area contributed by atoms with Gasteiger partial charge >= 0.3 is 0 Å². The molecule has 1 aliphatic heterocycles. The average Bonchev–Trinajstić information content (AvgIpc) is 2.74. The number of nitrogens with one attached hydrogen (secondary N) is 1. The Morgan fingerprint density at radius 3 is 2.55 bits per heavy atom. The minimum Gasteiger partial charge on any atom is -0.395 e. The molecule has 1 amide bonds. The van der Waals surface area contributed by atoms with Crippen LogP contribution in [0.1, 0.15) is 16.7 Å². The number of carbonyl (C=O) groups is 1. The minimum atomic E-state index is -0.111. The molecule has 3 rings (SSSR count). The van der Waals surface area contributed by atoms with Gasteiger partial charge in [0, 0.05) is 24.2 Å². The highest BCUT2D eigenvalue weighted by Gasteiger charge is 2.21. The fourth-order valence-electron chi connectivity index (χ4n) is 3.01. The lowest BCUT2D eigenvalue weighted by molar-refractivity contribution is -0.123. The lowest BCUT2D eigenvalue weighted by atomic mass is 10.0. The molecule has 0 spiro atoms. The maximum atomic E-state index is 12.9. The summed E-state index contributed by atoms with van der Waals surface area (Å²) < 4.78 is 11.0. The first-order valence-corrected chi connectivity index (χ1v) is 9.76. The van der Waals surface area contributed by atoms with Crippen molar-refractivity contribution in [3.05, 3.63) is 65.2 Å². The summed E-state index contributed by atoms with van der Waals surface area (Å²) in [5.41, 5.74) is 3.58. The summed E-state index contributed by atoms with van der Waals surface area (Å²) in [6, 6.07) is 15.6. The van der Waals surface area contributed by atoms with Gasteiger partial charge in [0.2, 0.25) is 0 Å². The van der Waals surface area contributed by atoms with E-state index in [9.17, 15) is 4.79 Å². The van der Waals surface area contributed by atoms with Crippen LogP contribution in [0, 0.1) is 11.8 Å². The molecule has 2 N–H and O–H groups in total. The number of fused-ring (bicyclic) bond motifs is 2. The van der Waals surface area contributed by atoms with Crippen molar-refractivity contribution in [1.82, 2.24) is 5.32 Å². The van der Waals surface area contributed by atoms with E-state index in [0.29, 0.717) is 39.5 Å². The smallest absolute Gasteiger partial charge is 0.253 e. The summed E-state index contributed by atoms with van der Waals surface area (Å²) in [5.74, 6) is 6.28. The maximum Gasteiger partial charge on any atom is 0.253 e. The fourth-order valence-corrected chi connectivity index (χ4v) is 3.01. The minimum absolute atomic E-state index is 0.0178. The SMILES string of the molecule is O=C(COCCOCCNCCO)N1Cc2ccccc2C#Cc2ccccc21. The van der Waals surface area contributed by atoms with Gasteiger partial charge < -0.3 is 24.8 Å². The molecule has 29 heavy (non-hydrogen) atoms. The van der Waals surface area contributed by atoms with E-state index >= 15 is 0 Å². The Morgan fingerprint density at radius 1 is 0.966 bits per heavy atom. The highest BCUT2D eigenvalue weighted by Crippen LogP contribution is 2.25. The van der Waals surface area contributed by atoms with Gasteiger partial charge in [-0.1, -0.05) is 42.2 Å². The normalized spacial score (nSPS) is 12.2. The summed E-state index contributed by atoms with van der Waals surface area (Å²) in [5, 5.41) is 11.7. The number of hydrogen-bond acceptors (Lipinski definition) is 5. The van der Waals surface area contributed by atoms with Gasteiger partial charge in [0.05, 0.1) is 38.7 Å². The average molecular weight is 394 g/mol. The Hall–Kier alpha value is -2.69. The largest absolute Gasteiger partial charge is 0.395 e. The van der Waals surface area contributed by atoms with Gasteiger partial charge in [-0.25, -0.2) is 0 Å². The predicted molar refractivity (Wildman–Crippen MR) is 112 cm³/mol. The molecule has 2 aromatic rings. The van der Waals surface area contributed by atoms with E-state index in [1.54, 1.807) is 4.90 Å². The van der Waals surface area contributed by atoms with E-state index < -0.39 is 0 Å². The van der Waals surface area contributed by atoms with Gasteiger partial charge in [0.15, 0.2) is 0 Å². The predicted octanol–water partition coefficient (Wildman–Crippen LogP) is 1.55. The summed E-state index contributed by atoms with van der Waals surface area (Å²) >= 11 is 0. The summed E-state index contributed by atoms with van der Waals surface area (Å²) in [6.07, 6.45) is 0.